The van der Waals surface area contributed by atoms with Gasteiger partial charge in [0.25, 0.3) is 5.91 Å². The topological polar surface area (TPSA) is 76.1 Å². The molecule has 0 aliphatic rings. The summed E-state index contributed by atoms with van der Waals surface area (Å²) < 4.78 is 4.95. The van der Waals surface area contributed by atoms with Crippen LogP contribution in [0.25, 0.3) is 0 Å². The van der Waals surface area contributed by atoms with Gasteiger partial charge >= 0.3 is 0 Å². The molecule has 0 aliphatic carbocycles. The van der Waals surface area contributed by atoms with E-state index in [0.29, 0.717) is 11.5 Å². The average molecular weight is 238 g/mol. The molecule has 0 radical (unpaired) electrons. The van der Waals surface area contributed by atoms with Crippen molar-refractivity contribution in [1.29, 1.82) is 0 Å². The van der Waals surface area contributed by atoms with Crippen LogP contribution in [0.15, 0.2) is 12.1 Å². The number of anilines is 1. The number of amides is 1. The standard InChI is InChI=1S/C11H18N4O2/c1-12-11(16)9-5-6-10(15-14-9)13-7-3-4-8-17-2/h5-6H,3-4,7-8H2,1-2H3,(H,12,16)(H,13,15). The Morgan fingerprint density at radius 3 is 2.76 bits per heavy atom. The van der Waals surface area contributed by atoms with Crippen molar-refractivity contribution in [2.75, 3.05) is 32.6 Å². The van der Waals surface area contributed by atoms with E-state index in [-0.39, 0.29) is 5.91 Å². The number of hydrogen-bond donors (Lipinski definition) is 2. The Hall–Kier alpha value is -1.69. The van der Waals surface area contributed by atoms with E-state index < -0.39 is 0 Å². The van der Waals surface area contributed by atoms with Gasteiger partial charge in [0.1, 0.15) is 5.82 Å². The van der Waals surface area contributed by atoms with Crippen LogP contribution in [0.1, 0.15) is 23.3 Å². The van der Waals surface area contributed by atoms with Crippen LogP contribution in [0.5, 0.6) is 0 Å². The molecule has 0 saturated carbocycles. The van der Waals surface area contributed by atoms with Gasteiger partial charge < -0.3 is 15.4 Å². The molecule has 6 heteroatoms. The Morgan fingerprint density at radius 1 is 1.35 bits per heavy atom. The van der Waals surface area contributed by atoms with Crippen molar-refractivity contribution in [3.63, 3.8) is 0 Å². The van der Waals surface area contributed by atoms with Crippen molar-refractivity contribution in [3.8, 4) is 0 Å². The zero-order valence-electron chi connectivity index (χ0n) is 10.2. The van der Waals surface area contributed by atoms with Crippen molar-refractivity contribution >= 4 is 11.7 Å². The Bertz CT molecular complexity index is 340. The van der Waals surface area contributed by atoms with E-state index in [4.69, 9.17) is 4.74 Å². The van der Waals surface area contributed by atoms with Gasteiger partial charge in [0.15, 0.2) is 5.69 Å². The minimum atomic E-state index is -0.232. The van der Waals surface area contributed by atoms with E-state index in [1.165, 1.54) is 0 Å². The number of nitrogens with one attached hydrogen (secondary N) is 2. The summed E-state index contributed by atoms with van der Waals surface area (Å²) in [6, 6.07) is 3.39. The van der Waals surface area contributed by atoms with Crippen LogP contribution in [0.4, 0.5) is 5.82 Å². The molecule has 1 amide bonds. The van der Waals surface area contributed by atoms with Gasteiger partial charge in [-0.15, -0.1) is 10.2 Å². The molecule has 1 heterocycles. The first-order valence-corrected chi connectivity index (χ1v) is 5.56. The molecule has 0 atom stereocenters. The van der Waals surface area contributed by atoms with E-state index in [2.05, 4.69) is 20.8 Å². The first-order valence-electron chi connectivity index (χ1n) is 5.56. The first-order chi connectivity index (χ1) is 8.27. The van der Waals surface area contributed by atoms with Gasteiger partial charge in [-0.1, -0.05) is 0 Å². The maximum atomic E-state index is 11.2. The van der Waals surface area contributed by atoms with Crippen LogP contribution in [-0.4, -0.2) is 43.4 Å². The maximum Gasteiger partial charge on any atom is 0.271 e. The number of carbonyl (C=O) groups is 1. The van der Waals surface area contributed by atoms with Crippen molar-refractivity contribution in [2.45, 2.75) is 12.8 Å². The summed E-state index contributed by atoms with van der Waals surface area (Å²) >= 11 is 0. The summed E-state index contributed by atoms with van der Waals surface area (Å²) in [5.74, 6) is 0.444. The molecule has 0 bridgehead atoms. The Balaban J connectivity index is 2.33. The second-order valence-corrected chi connectivity index (χ2v) is 3.51. The zero-order chi connectivity index (χ0) is 12.5. The molecule has 0 unspecified atom stereocenters. The molecule has 6 nitrogen and oxygen atoms in total. The third-order valence-corrected chi connectivity index (χ3v) is 2.21. The monoisotopic (exact) mass is 238 g/mol. The van der Waals surface area contributed by atoms with Crippen LogP contribution in [0.3, 0.4) is 0 Å². The van der Waals surface area contributed by atoms with Crippen LogP contribution in [0, 0.1) is 0 Å². The lowest BCUT2D eigenvalue weighted by Gasteiger charge is -2.05. The Labute approximate surface area is 101 Å². The lowest BCUT2D eigenvalue weighted by Crippen LogP contribution is -2.19. The lowest BCUT2D eigenvalue weighted by molar-refractivity contribution is 0.0957. The summed E-state index contributed by atoms with van der Waals surface area (Å²) in [6.45, 7) is 1.58. The van der Waals surface area contributed by atoms with Gasteiger partial charge in [0.05, 0.1) is 0 Å². The third-order valence-electron chi connectivity index (χ3n) is 2.21. The minimum absolute atomic E-state index is 0.232. The Morgan fingerprint density at radius 2 is 2.18 bits per heavy atom. The van der Waals surface area contributed by atoms with Gasteiger partial charge in [-0.2, -0.15) is 0 Å². The molecule has 0 spiro atoms. The van der Waals surface area contributed by atoms with Crippen LogP contribution >= 0.6 is 0 Å². The molecule has 94 valence electrons. The number of hydrogen-bond acceptors (Lipinski definition) is 5. The predicted molar refractivity (Wildman–Crippen MR) is 65.0 cm³/mol. The van der Waals surface area contributed by atoms with Crippen LogP contribution in [0.2, 0.25) is 0 Å². The number of nitrogens with zero attached hydrogens (tertiary/aromatic N) is 2. The van der Waals surface area contributed by atoms with E-state index in [9.17, 15) is 4.79 Å². The maximum absolute atomic E-state index is 11.2. The molecule has 1 rings (SSSR count). The van der Waals surface area contributed by atoms with Gasteiger partial charge in [0, 0.05) is 27.3 Å². The summed E-state index contributed by atoms with van der Waals surface area (Å²) in [5, 5.41) is 13.3. The second kappa shape index (κ2) is 7.56. The molecule has 0 saturated heterocycles. The highest BCUT2D eigenvalue weighted by Crippen LogP contribution is 2.02. The summed E-state index contributed by atoms with van der Waals surface area (Å²) in [7, 11) is 3.25. The SMILES string of the molecule is CNC(=O)c1ccc(NCCCCOC)nn1. The van der Waals surface area contributed by atoms with Crippen LogP contribution < -0.4 is 10.6 Å². The van der Waals surface area contributed by atoms with E-state index >= 15 is 0 Å². The number of carbonyl (C=O) groups excluding carboxylic acids is 1. The zero-order valence-corrected chi connectivity index (χ0v) is 10.2. The normalized spacial score (nSPS) is 10.0. The van der Waals surface area contributed by atoms with Gasteiger partial charge in [0.2, 0.25) is 0 Å². The molecular weight excluding hydrogens is 220 g/mol. The molecule has 1 aromatic heterocycles. The third kappa shape index (κ3) is 4.78. The summed E-state index contributed by atoms with van der Waals surface area (Å²) in [4.78, 5) is 11.2. The fraction of sp³-hybridized carbons (Fsp3) is 0.545. The molecule has 1 aromatic rings. The van der Waals surface area contributed by atoms with Crippen molar-refractivity contribution in [1.82, 2.24) is 15.5 Å². The largest absolute Gasteiger partial charge is 0.385 e. The lowest BCUT2D eigenvalue weighted by atomic mass is 10.3. The smallest absolute Gasteiger partial charge is 0.271 e. The second-order valence-electron chi connectivity index (χ2n) is 3.51. The number of aromatic nitrogens is 2. The molecule has 2 N–H and O–H groups in total. The number of methoxy groups -OCH3 is 1. The van der Waals surface area contributed by atoms with Crippen LogP contribution in [-0.2, 0) is 4.74 Å². The van der Waals surface area contributed by atoms with Crippen molar-refractivity contribution in [2.24, 2.45) is 0 Å². The quantitative estimate of drug-likeness (QED) is 0.683. The van der Waals surface area contributed by atoms with E-state index in [1.807, 2.05) is 0 Å². The molecule has 0 aliphatic heterocycles. The first kappa shape index (κ1) is 13.4. The van der Waals surface area contributed by atoms with Gasteiger partial charge in [-0.05, 0) is 25.0 Å². The highest BCUT2D eigenvalue weighted by Gasteiger charge is 2.04. The number of unbranched alkanes of at least 4 members (excludes halogenated alkanes) is 1. The average Bonchev–Trinajstić information content (AvgIpc) is 2.38. The highest BCUT2D eigenvalue weighted by atomic mass is 16.5. The number of rotatable bonds is 7. The molecule has 17 heavy (non-hydrogen) atoms. The molecule has 0 aromatic carbocycles. The van der Waals surface area contributed by atoms with Gasteiger partial charge in [-0.25, -0.2) is 0 Å². The minimum Gasteiger partial charge on any atom is -0.385 e. The fourth-order valence-corrected chi connectivity index (χ4v) is 1.26. The number of ether oxygens (including phenoxy) is 1. The Kier molecular flexibility index (Phi) is 5.95. The summed E-state index contributed by atoms with van der Waals surface area (Å²) in [6.07, 6.45) is 2.01. The van der Waals surface area contributed by atoms with Crippen molar-refractivity contribution in [3.05, 3.63) is 17.8 Å². The van der Waals surface area contributed by atoms with E-state index in [1.54, 1.807) is 26.3 Å². The fourth-order valence-electron chi connectivity index (χ4n) is 1.26. The summed E-state index contributed by atoms with van der Waals surface area (Å²) in [5.41, 5.74) is 0.317. The molecular formula is C11H18N4O2. The highest BCUT2D eigenvalue weighted by molar-refractivity contribution is 5.91. The van der Waals surface area contributed by atoms with Crippen molar-refractivity contribution < 1.29 is 9.53 Å². The predicted octanol–water partition coefficient (Wildman–Crippen LogP) is 0.675. The van der Waals surface area contributed by atoms with E-state index in [0.717, 1.165) is 26.0 Å². The van der Waals surface area contributed by atoms with Gasteiger partial charge in [-0.3, -0.25) is 4.79 Å². The molecule has 0 fully saturated rings.